The number of aromatic amines is 1. The predicted octanol–water partition coefficient (Wildman–Crippen LogP) is 4.49. The van der Waals surface area contributed by atoms with Crippen LogP contribution in [0.3, 0.4) is 0 Å². The van der Waals surface area contributed by atoms with E-state index in [1.54, 1.807) is 24.3 Å². The van der Waals surface area contributed by atoms with Crippen molar-refractivity contribution in [1.29, 1.82) is 0 Å². The molecule has 4 rings (SSSR count). The van der Waals surface area contributed by atoms with Gasteiger partial charge in [0.25, 0.3) is 0 Å². The van der Waals surface area contributed by atoms with E-state index in [1.807, 2.05) is 6.07 Å². The number of nitrogens with one attached hydrogen (secondary N) is 1. The molecule has 0 radical (unpaired) electrons. The Kier molecular flexibility index (Phi) is 3.23. The van der Waals surface area contributed by atoms with Crippen LogP contribution >= 0.6 is 0 Å². The molecule has 1 aliphatic rings. The Morgan fingerprint density at radius 1 is 0.917 bits per heavy atom. The van der Waals surface area contributed by atoms with Gasteiger partial charge in [0.15, 0.2) is 11.5 Å². The van der Waals surface area contributed by atoms with Gasteiger partial charge in [-0.3, -0.25) is 5.10 Å². The second-order valence-corrected chi connectivity index (χ2v) is 5.31. The topological polar surface area (TPSA) is 47.1 Å². The average molecular weight is 332 g/mol. The zero-order valence-corrected chi connectivity index (χ0v) is 12.2. The van der Waals surface area contributed by atoms with Gasteiger partial charge >= 0.3 is 6.18 Å². The van der Waals surface area contributed by atoms with Gasteiger partial charge in [0.1, 0.15) is 0 Å². The number of H-pyrrole nitrogens is 1. The number of benzene rings is 2. The summed E-state index contributed by atoms with van der Waals surface area (Å²) in [7, 11) is 0. The van der Waals surface area contributed by atoms with Crippen LogP contribution in [-0.4, -0.2) is 17.0 Å². The number of rotatable bonds is 2. The highest BCUT2D eigenvalue weighted by Gasteiger charge is 2.30. The average Bonchev–Trinajstić information content (AvgIpc) is 3.22. The van der Waals surface area contributed by atoms with Gasteiger partial charge in [-0.1, -0.05) is 12.1 Å². The summed E-state index contributed by atoms with van der Waals surface area (Å²) in [6.07, 6.45) is -4.38. The van der Waals surface area contributed by atoms with Gasteiger partial charge in [0.2, 0.25) is 6.79 Å². The predicted molar refractivity (Wildman–Crippen MR) is 80.6 cm³/mol. The van der Waals surface area contributed by atoms with E-state index in [4.69, 9.17) is 9.47 Å². The summed E-state index contributed by atoms with van der Waals surface area (Å²) in [6.45, 7) is 0.175. The molecule has 1 aliphatic heterocycles. The third-order valence-corrected chi connectivity index (χ3v) is 3.75. The van der Waals surface area contributed by atoms with Crippen LogP contribution < -0.4 is 9.47 Å². The Morgan fingerprint density at radius 2 is 1.75 bits per heavy atom. The van der Waals surface area contributed by atoms with Crippen LogP contribution in [0.5, 0.6) is 11.5 Å². The summed E-state index contributed by atoms with van der Waals surface area (Å²) in [5.74, 6) is 1.28. The largest absolute Gasteiger partial charge is 0.454 e. The van der Waals surface area contributed by atoms with E-state index >= 15 is 0 Å². The van der Waals surface area contributed by atoms with Crippen molar-refractivity contribution in [2.24, 2.45) is 0 Å². The number of halogens is 3. The Hall–Kier alpha value is -2.96. The van der Waals surface area contributed by atoms with Gasteiger partial charge < -0.3 is 9.47 Å². The quantitative estimate of drug-likeness (QED) is 0.752. The summed E-state index contributed by atoms with van der Waals surface area (Å²) >= 11 is 0. The van der Waals surface area contributed by atoms with Crippen molar-refractivity contribution in [3.63, 3.8) is 0 Å². The summed E-state index contributed by atoms with van der Waals surface area (Å²) in [6, 6.07) is 12.2. The molecule has 0 saturated heterocycles. The van der Waals surface area contributed by atoms with Gasteiger partial charge in [-0.05, 0) is 36.4 Å². The molecule has 2 aromatic carbocycles. The molecule has 2 heterocycles. The van der Waals surface area contributed by atoms with E-state index in [-0.39, 0.29) is 6.79 Å². The van der Waals surface area contributed by atoms with E-state index < -0.39 is 11.7 Å². The first-order valence-corrected chi connectivity index (χ1v) is 7.14. The number of alkyl halides is 3. The van der Waals surface area contributed by atoms with Crippen LogP contribution in [0.25, 0.3) is 22.5 Å². The van der Waals surface area contributed by atoms with Crippen LogP contribution in [0.4, 0.5) is 13.2 Å². The van der Waals surface area contributed by atoms with Crippen molar-refractivity contribution in [2.75, 3.05) is 6.79 Å². The van der Waals surface area contributed by atoms with Crippen LogP contribution in [0, 0.1) is 0 Å². The van der Waals surface area contributed by atoms with E-state index in [0.717, 1.165) is 17.7 Å². The van der Waals surface area contributed by atoms with E-state index in [9.17, 15) is 13.2 Å². The molecule has 0 unspecified atom stereocenters. The van der Waals surface area contributed by atoms with Crippen LogP contribution in [0.1, 0.15) is 5.56 Å². The number of hydrogen-bond donors (Lipinski definition) is 1. The molecule has 1 aromatic heterocycles. The third kappa shape index (κ3) is 2.58. The second kappa shape index (κ2) is 5.30. The molecular weight excluding hydrogens is 321 g/mol. The molecule has 0 saturated carbocycles. The van der Waals surface area contributed by atoms with Crippen molar-refractivity contribution in [3.8, 4) is 34.0 Å². The minimum absolute atomic E-state index is 0.175. The summed E-state index contributed by atoms with van der Waals surface area (Å²) in [4.78, 5) is 0. The second-order valence-electron chi connectivity index (χ2n) is 5.31. The lowest BCUT2D eigenvalue weighted by molar-refractivity contribution is -0.137. The molecule has 7 heteroatoms. The Labute approximate surface area is 134 Å². The molecule has 4 nitrogen and oxygen atoms in total. The maximum Gasteiger partial charge on any atom is 0.416 e. The Morgan fingerprint density at radius 3 is 2.58 bits per heavy atom. The molecule has 0 aliphatic carbocycles. The lowest BCUT2D eigenvalue weighted by Crippen LogP contribution is -2.04. The van der Waals surface area contributed by atoms with Crippen LogP contribution in [0.2, 0.25) is 0 Å². The van der Waals surface area contributed by atoms with Crippen molar-refractivity contribution < 1.29 is 22.6 Å². The minimum Gasteiger partial charge on any atom is -0.454 e. The normalized spacial score (nSPS) is 13.3. The monoisotopic (exact) mass is 332 g/mol. The Balaban J connectivity index is 1.68. The van der Waals surface area contributed by atoms with E-state index in [2.05, 4.69) is 10.2 Å². The first kappa shape index (κ1) is 14.6. The van der Waals surface area contributed by atoms with Gasteiger partial charge in [-0.15, -0.1) is 0 Å². The zero-order valence-electron chi connectivity index (χ0n) is 12.2. The number of fused-ring (bicyclic) bond motifs is 1. The fourth-order valence-corrected chi connectivity index (χ4v) is 2.54. The third-order valence-electron chi connectivity index (χ3n) is 3.75. The number of ether oxygens (including phenoxy) is 2. The molecule has 0 atom stereocenters. The van der Waals surface area contributed by atoms with Gasteiger partial charge in [-0.2, -0.15) is 18.3 Å². The van der Waals surface area contributed by atoms with E-state index in [1.165, 1.54) is 6.07 Å². The maximum absolute atomic E-state index is 12.8. The van der Waals surface area contributed by atoms with Crippen LogP contribution in [-0.2, 0) is 6.18 Å². The van der Waals surface area contributed by atoms with Crippen LogP contribution in [0.15, 0.2) is 48.5 Å². The first-order chi connectivity index (χ1) is 11.5. The number of nitrogens with zero attached hydrogens (tertiary/aromatic N) is 1. The maximum atomic E-state index is 12.8. The molecular formula is C17H11F3N2O2. The fourth-order valence-electron chi connectivity index (χ4n) is 2.54. The molecule has 3 aromatic rings. The SMILES string of the molecule is FC(F)(F)c1cccc(-c2cc(-c3ccc4c(c3)OCO4)n[nH]2)c1. The number of aromatic nitrogens is 2. The van der Waals surface area contributed by atoms with Crippen molar-refractivity contribution in [2.45, 2.75) is 6.18 Å². The van der Waals surface area contributed by atoms with Crippen molar-refractivity contribution in [3.05, 3.63) is 54.1 Å². The minimum atomic E-state index is -4.38. The molecule has 1 N–H and O–H groups in total. The molecule has 0 fully saturated rings. The Bertz CT molecular complexity index is 903. The highest BCUT2D eigenvalue weighted by molar-refractivity contribution is 5.70. The number of hydrogen-bond acceptors (Lipinski definition) is 3. The molecule has 0 spiro atoms. The lowest BCUT2D eigenvalue weighted by atomic mass is 10.1. The fraction of sp³-hybridized carbons (Fsp3) is 0.118. The van der Waals surface area contributed by atoms with E-state index in [0.29, 0.717) is 28.5 Å². The highest BCUT2D eigenvalue weighted by Crippen LogP contribution is 2.36. The van der Waals surface area contributed by atoms with Gasteiger partial charge in [-0.25, -0.2) is 0 Å². The summed E-state index contributed by atoms with van der Waals surface area (Å²) in [5.41, 5.74) is 1.63. The van der Waals surface area contributed by atoms with Crippen molar-refractivity contribution in [1.82, 2.24) is 10.2 Å². The molecule has 0 bridgehead atoms. The summed E-state index contributed by atoms with van der Waals surface area (Å²) < 4.78 is 49.1. The highest BCUT2D eigenvalue weighted by atomic mass is 19.4. The molecule has 24 heavy (non-hydrogen) atoms. The zero-order chi connectivity index (χ0) is 16.7. The van der Waals surface area contributed by atoms with Gasteiger partial charge in [0, 0.05) is 11.1 Å². The summed E-state index contributed by atoms with van der Waals surface area (Å²) in [5, 5.41) is 6.96. The first-order valence-electron chi connectivity index (χ1n) is 7.14. The molecule has 0 amide bonds. The van der Waals surface area contributed by atoms with Crippen molar-refractivity contribution >= 4 is 0 Å². The lowest BCUT2D eigenvalue weighted by Gasteiger charge is -2.07. The standard InChI is InChI=1S/C17H11F3N2O2/c18-17(19,20)12-3-1-2-10(6-12)13-8-14(22-21-13)11-4-5-15-16(7-11)24-9-23-15/h1-8H,9H2,(H,21,22). The van der Waals surface area contributed by atoms with Gasteiger partial charge in [0.05, 0.1) is 17.0 Å². The smallest absolute Gasteiger partial charge is 0.416 e. The molecule has 122 valence electrons.